The van der Waals surface area contributed by atoms with E-state index in [1.54, 1.807) is 12.1 Å². The second-order valence-corrected chi connectivity index (χ2v) is 6.36. The second-order valence-electron chi connectivity index (χ2n) is 6.36. The summed E-state index contributed by atoms with van der Waals surface area (Å²) in [4.78, 5) is 12.5. The Hall–Kier alpha value is -2.81. The van der Waals surface area contributed by atoms with Crippen LogP contribution in [0.5, 0.6) is 5.75 Å². The molecule has 1 aromatic heterocycles. The first-order chi connectivity index (χ1) is 11.6. The Labute approximate surface area is 140 Å². The van der Waals surface area contributed by atoms with Gasteiger partial charge in [-0.3, -0.25) is 4.79 Å². The molecule has 0 saturated heterocycles. The summed E-state index contributed by atoms with van der Waals surface area (Å²) in [5.74, 6) is 1.39. The number of rotatable bonds is 2. The third-order valence-corrected chi connectivity index (χ3v) is 4.22. The van der Waals surface area contributed by atoms with Crippen LogP contribution in [-0.4, -0.2) is 6.10 Å². The molecule has 0 saturated carbocycles. The van der Waals surface area contributed by atoms with Crippen LogP contribution in [0.4, 0.5) is 0 Å². The van der Waals surface area contributed by atoms with Crippen LogP contribution in [0.15, 0.2) is 69.4 Å². The van der Waals surface area contributed by atoms with Crippen molar-refractivity contribution >= 4 is 11.0 Å². The number of ether oxygens (including phenoxy) is 1. The lowest BCUT2D eigenvalue weighted by Crippen LogP contribution is -2.09. The summed E-state index contributed by atoms with van der Waals surface area (Å²) in [5, 5.41) is 0.606. The summed E-state index contributed by atoms with van der Waals surface area (Å²) in [6, 6.07) is 14.9. The van der Waals surface area contributed by atoms with Gasteiger partial charge in [-0.1, -0.05) is 35.9 Å². The minimum absolute atomic E-state index is 0.00119. The van der Waals surface area contributed by atoms with Crippen LogP contribution in [0.3, 0.4) is 0 Å². The van der Waals surface area contributed by atoms with Crippen LogP contribution in [0, 0.1) is 0 Å². The Morgan fingerprint density at radius 1 is 1.12 bits per heavy atom. The molecule has 0 radical (unpaired) electrons. The van der Waals surface area contributed by atoms with Gasteiger partial charge in [0.1, 0.15) is 23.2 Å². The molecule has 1 atom stereocenters. The van der Waals surface area contributed by atoms with E-state index in [9.17, 15) is 4.79 Å². The lowest BCUT2D eigenvalue weighted by molar-refractivity contribution is 0.282. The van der Waals surface area contributed by atoms with Gasteiger partial charge >= 0.3 is 0 Å². The molecule has 0 N–H and O–H groups in total. The van der Waals surface area contributed by atoms with E-state index in [1.807, 2.05) is 36.4 Å². The summed E-state index contributed by atoms with van der Waals surface area (Å²) >= 11 is 0. The van der Waals surface area contributed by atoms with Gasteiger partial charge in [0.05, 0.1) is 5.39 Å². The quantitative estimate of drug-likeness (QED) is 0.641. The molecule has 1 aliphatic heterocycles. The van der Waals surface area contributed by atoms with E-state index < -0.39 is 0 Å². The standard InChI is InChI=1S/C21H18O3/c1-13(2)10-15-11-17-19(23-15)9-8-16-18(22)12-20(24-21(16)17)14-6-4-3-5-7-14/h3-10,12,15H,11H2,1-2H3/t15-/m1/s1. The zero-order chi connectivity index (χ0) is 16.7. The van der Waals surface area contributed by atoms with Gasteiger partial charge in [0.2, 0.25) is 0 Å². The fraction of sp³-hybridized carbons (Fsp3) is 0.190. The fourth-order valence-electron chi connectivity index (χ4n) is 3.18. The minimum Gasteiger partial charge on any atom is -0.486 e. The average Bonchev–Trinajstić information content (AvgIpc) is 2.97. The zero-order valence-corrected chi connectivity index (χ0v) is 13.7. The molecular formula is C21H18O3. The van der Waals surface area contributed by atoms with Crippen molar-refractivity contribution in [2.24, 2.45) is 0 Å². The highest BCUT2D eigenvalue weighted by Crippen LogP contribution is 2.36. The van der Waals surface area contributed by atoms with Crippen LogP contribution in [0.1, 0.15) is 19.4 Å². The van der Waals surface area contributed by atoms with Crippen molar-refractivity contribution in [3.8, 4) is 17.1 Å². The third kappa shape index (κ3) is 2.52. The van der Waals surface area contributed by atoms with E-state index in [1.165, 1.54) is 5.57 Å². The van der Waals surface area contributed by atoms with E-state index in [4.69, 9.17) is 9.15 Å². The topological polar surface area (TPSA) is 39.4 Å². The van der Waals surface area contributed by atoms with E-state index in [0.29, 0.717) is 16.7 Å². The molecular weight excluding hydrogens is 300 g/mol. The Morgan fingerprint density at radius 3 is 2.67 bits per heavy atom. The van der Waals surface area contributed by atoms with E-state index >= 15 is 0 Å². The summed E-state index contributed by atoms with van der Waals surface area (Å²) in [5.41, 5.74) is 3.70. The average molecular weight is 318 g/mol. The fourth-order valence-corrected chi connectivity index (χ4v) is 3.18. The lowest BCUT2D eigenvalue weighted by Gasteiger charge is -2.06. The Balaban J connectivity index is 1.89. The van der Waals surface area contributed by atoms with Crippen molar-refractivity contribution in [2.75, 3.05) is 0 Å². The van der Waals surface area contributed by atoms with E-state index in [0.717, 1.165) is 23.3 Å². The summed E-state index contributed by atoms with van der Waals surface area (Å²) in [7, 11) is 0. The molecule has 0 amide bonds. The number of hydrogen-bond acceptors (Lipinski definition) is 3. The van der Waals surface area contributed by atoms with Gasteiger partial charge in [0.25, 0.3) is 0 Å². The molecule has 4 rings (SSSR count). The van der Waals surface area contributed by atoms with Crippen molar-refractivity contribution < 1.29 is 9.15 Å². The first-order valence-corrected chi connectivity index (χ1v) is 8.08. The third-order valence-electron chi connectivity index (χ3n) is 4.22. The number of allylic oxidation sites excluding steroid dienone is 1. The van der Waals surface area contributed by atoms with Crippen LogP contribution in [0.25, 0.3) is 22.3 Å². The largest absolute Gasteiger partial charge is 0.486 e. The van der Waals surface area contributed by atoms with Gasteiger partial charge < -0.3 is 9.15 Å². The highest BCUT2D eigenvalue weighted by atomic mass is 16.5. The van der Waals surface area contributed by atoms with Crippen LogP contribution >= 0.6 is 0 Å². The highest BCUT2D eigenvalue weighted by molar-refractivity contribution is 5.84. The van der Waals surface area contributed by atoms with Crippen molar-refractivity contribution in [2.45, 2.75) is 26.4 Å². The molecule has 3 nitrogen and oxygen atoms in total. The molecule has 0 aliphatic carbocycles. The first kappa shape index (κ1) is 14.8. The first-order valence-electron chi connectivity index (χ1n) is 8.08. The van der Waals surface area contributed by atoms with Gasteiger partial charge in [-0.25, -0.2) is 0 Å². The van der Waals surface area contributed by atoms with Gasteiger partial charge in [-0.2, -0.15) is 0 Å². The minimum atomic E-state index is -0.0245. The number of fused-ring (bicyclic) bond motifs is 3. The Kier molecular flexibility index (Phi) is 3.49. The van der Waals surface area contributed by atoms with Crippen molar-refractivity contribution in [1.82, 2.24) is 0 Å². The molecule has 2 heterocycles. The lowest BCUT2D eigenvalue weighted by atomic mass is 10.0. The smallest absolute Gasteiger partial charge is 0.193 e. The molecule has 3 aromatic rings. The highest BCUT2D eigenvalue weighted by Gasteiger charge is 2.25. The summed E-state index contributed by atoms with van der Waals surface area (Å²) in [6.07, 6.45) is 2.82. The van der Waals surface area contributed by atoms with Gasteiger partial charge in [-0.15, -0.1) is 0 Å². The zero-order valence-electron chi connectivity index (χ0n) is 13.7. The molecule has 2 aromatic carbocycles. The SMILES string of the molecule is CC(C)=C[C@@H]1Cc2c(ccc3c(=O)cc(-c4ccccc4)oc23)O1. The van der Waals surface area contributed by atoms with Crippen molar-refractivity contribution in [1.29, 1.82) is 0 Å². The van der Waals surface area contributed by atoms with Crippen LogP contribution < -0.4 is 10.2 Å². The molecule has 0 unspecified atom stereocenters. The molecule has 0 fully saturated rings. The maximum Gasteiger partial charge on any atom is 0.193 e. The molecule has 24 heavy (non-hydrogen) atoms. The molecule has 0 spiro atoms. The van der Waals surface area contributed by atoms with Crippen LogP contribution in [-0.2, 0) is 6.42 Å². The molecule has 3 heteroatoms. The molecule has 0 bridgehead atoms. The van der Waals surface area contributed by atoms with Gasteiger partial charge in [0, 0.05) is 23.6 Å². The predicted molar refractivity (Wildman–Crippen MR) is 95.5 cm³/mol. The van der Waals surface area contributed by atoms with Crippen molar-refractivity contribution in [3.05, 3.63) is 76.0 Å². The maximum atomic E-state index is 12.5. The maximum absolute atomic E-state index is 12.5. The van der Waals surface area contributed by atoms with E-state index in [-0.39, 0.29) is 11.5 Å². The number of benzene rings is 2. The summed E-state index contributed by atoms with van der Waals surface area (Å²) in [6.45, 7) is 4.11. The summed E-state index contributed by atoms with van der Waals surface area (Å²) < 4.78 is 12.1. The predicted octanol–water partition coefficient (Wildman–Crippen LogP) is 4.73. The monoisotopic (exact) mass is 318 g/mol. The second kappa shape index (κ2) is 5.68. The normalized spacial score (nSPS) is 15.8. The molecule has 1 aliphatic rings. The van der Waals surface area contributed by atoms with E-state index in [2.05, 4.69) is 19.9 Å². The van der Waals surface area contributed by atoms with Crippen molar-refractivity contribution in [3.63, 3.8) is 0 Å². The molecule has 120 valence electrons. The van der Waals surface area contributed by atoms with Gasteiger partial charge in [-0.05, 0) is 32.1 Å². The Morgan fingerprint density at radius 2 is 1.92 bits per heavy atom. The number of hydrogen-bond donors (Lipinski definition) is 0. The van der Waals surface area contributed by atoms with Crippen LogP contribution in [0.2, 0.25) is 0 Å². The van der Waals surface area contributed by atoms with Gasteiger partial charge in [0.15, 0.2) is 5.43 Å². The Bertz CT molecular complexity index is 993.